The van der Waals surface area contributed by atoms with E-state index in [1.54, 1.807) is 0 Å². The normalized spacial score (nSPS) is 20.9. The molecular weight excluding hydrogens is 479 g/mol. The number of rotatable bonds is 6. The summed E-state index contributed by atoms with van der Waals surface area (Å²) in [5.74, 6) is -0.635. The van der Waals surface area contributed by atoms with Crippen molar-refractivity contribution in [2.75, 3.05) is 50.7 Å². The van der Waals surface area contributed by atoms with Crippen molar-refractivity contribution in [1.29, 1.82) is 0 Å². The highest BCUT2D eigenvalue weighted by atomic mass is 19.1. The van der Waals surface area contributed by atoms with Crippen LogP contribution < -0.4 is 10.2 Å². The molecule has 2 unspecified atom stereocenters. The van der Waals surface area contributed by atoms with Crippen LogP contribution in [-0.4, -0.2) is 67.4 Å². The molecule has 0 aliphatic carbocycles. The van der Waals surface area contributed by atoms with Gasteiger partial charge in [0.1, 0.15) is 5.82 Å². The number of carbonyl (C=O) groups is 2. The first-order chi connectivity index (χ1) is 18.6. The maximum absolute atomic E-state index is 13.7. The predicted octanol–water partition coefficient (Wildman–Crippen LogP) is 3.99. The van der Waals surface area contributed by atoms with Gasteiger partial charge < -0.3 is 15.1 Å². The highest BCUT2D eigenvalue weighted by Gasteiger charge is 2.46. The van der Waals surface area contributed by atoms with E-state index >= 15 is 0 Å². The molecule has 6 rings (SSSR count). The number of hydrogen-bond acceptors (Lipinski definition) is 4. The fraction of sp³-hybridized carbons (Fsp3) is 0.355. The molecule has 0 radical (unpaired) electrons. The van der Waals surface area contributed by atoms with E-state index in [0.29, 0.717) is 18.7 Å². The molecule has 2 amide bonds. The number of carbonyl (C=O) groups excluding carboxylic acids is 2. The molecule has 1 N–H and O–H groups in total. The summed E-state index contributed by atoms with van der Waals surface area (Å²) in [5.41, 5.74) is 4.83. The van der Waals surface area contributed by atoms with Crippen molar-refractivity contribution in [3.8, 4) is 0 Å². The van der Waals surface area contributed by atoms with Crippen LogP contribution in [0.3, 0.4) is 0 Å². The maximum atomic E-state index is 13.7. The van der Waals surface area contributed by atoms with Crippen LogP contribution >= 0.6 is 0 Å². The van der Waals surface area contributed by atoms with E-state index in [2.05, 4.69) is 27.2 Å². The van der Waals surface area contributed by atoms with Gasteiger partial charge >= 0.3 is 0 Å². The van der Waals surface area contributed by atoms with Gasteiger partial charge in [-0.15, -0.1) is 0 Å². The van der Waals surface area contributed by atoms with Crippen molar-refractivity contribution in [2.24, 2.45) is 0 Å². The van der Waals surface area contributed by atoms with Gasteiger partial charge in [-0.1, -0.05) is 42.5 Å². The lowest BCUT2D eigenvalue weighted by Gasteiger charge is -2.45. The quantitative estimate of drug-likeness (QED) is 0.508. The zero-order valence-corrected chi connectivity index (χ0v) is 21.5. The zero-order valence-electron chi connectivity index (χ0n) is 21.5. The first-order valence-electron chi connectivity index (χ1n) is 13.6. The van der Waals surface area contributed by atoms with E-state index in [4.69, 9.17) is 0 Å². The summed E-state index contributed by atoms with van der Waals surface area (Å²) in [7, 11) is 0. The second-order valence-corrected chi connectivity index (χ2v) is 10.4. The minimum atomic E-state index is -0.426. The Hall–Kier alpha value is -3.71. The van der Waals surface area contributed by atoms with Gasteiger partial charge in [0.25, 0.3) is 5.91 Å². The second-order valence-electron chi connectivity index (χ2n) is 10.4. The van der Waals surface area contributed by atoms with Crippen LogP contribution in [0.15, 0.2) is 72.8 Å². The molecule has 0 spiro atoms. The average molecular weight is 513 g/mol. The van der Waals surface area contributed by atoms with E-state index in [0.717, 1.165) is 62.4 Å². The number of nitrogens with zero attached hydrogens (tertiary/aromatic N) is 3. The highest BCUT2D eigenvalue weighted by molar-refractivity contribution is 6.01. The maximum Gasteiger partial charge on any atom is 0.254 e. The Morgan fingerprint density at radius 3 is 2.37 bits per heavy atom. The SMILES string of the molecule is O=C(NCCCN1CCN(c2ccc(F)cc2)CC1)C1c2ccccc2C(=O)N2CCc3ccccc3C12. The van der Waals surface area contributed by atoms with Crippen molar-refractivity contribution in [3.05, 3.63) is 101 Å². The van der Waals surface area contributed by atoms with E-state index in [1.807, 2.05) is 53.4 Å². The third-order valence-electron chi connectivity index (χ3n) is 8.23. The summed E-state index contributed by atoms with van der Waals surface area (Å²) in [6.07, 6.45) is 1.67. The van der Waals surface area contributed by atoms with Crippen molar-refractivity contribution in [2.45, 2.75) is 24.8 Å². The monoisotopic (exact) mass is 512 g/mol. The predicted molar refractivity (Wildman–Crippen MR) is 146 cm³/mol. The van der Waals surface area contributed by atoms with Crippen LogP contribution in [-0.2, 0) is 11.2 Å². The lowest BCUT2D eigenvalue weighted by molar-refractivity contribution is -0.124. The topological polar surface area (TPSA) is 55.9 Å². The lowest BCUT2D eigenvalue weighted by Crippen LogP contribution is -2.50. The molecule has 196 valence electrons. The number of fused-ring (bicyclic) bond motifs is 4. The van der Waals surface area contributed by atoms with Gasteiger partial charge in [-0.05, 0) is 66.4 Å². The lowest BCUT2D eigenvalue weighted by atomic mass is 9.76. The van der Waals surface area contributed by atoms with Crippen LogP contribution in [0.25, 0.3) is 0 Å². The standard InChI is InChI=1S/C31H33FN4O2/c32-23-10-12-24(13-11-23)35-20-18-34(19-21-35)16-5-15-33-30(37)28-26-8-3-4-9-27(26)31(38)36-17-14-22-6-1-2-7-25(22)29(28)36/h1-4,6-13,28-29H,5,14-21H2,(H,33,37). The first-order valence-corrected chi connectivity index (χ1v) is 13.6. The fourth-order valence-corrected chi connectivity index (χ4v) is 6.26. The van der Waals surface area contributed by atoms with Crippen LogP contribution in [0.2, 0.25) is 0 Å². The summed E-state index contributed by atoms with van der Waals surface area (Å²) in [4.78, 5) is 33.7. The Morgan fingerprint density at radius 1 is 0.868 bits per heavy atom. The third-order valence-corrected chi connectivity index (χ3v) is 8.23. The smallest absolute Gasteiger partial charge is 0.254 e. The molecule has 3 aliphatic heterocycles. The Labute approximate surface area is 223 Å². The molecule has 3 aromatic rings. The number of nitrogens with one attached hydrogen (secondary N) is 1. The molecule has 3 aliphatic rings. The number of anilines is 1. The summed E-state index contributed by atoms with van der Waals surface area (Å²) in [6, 6.07) is 22.2. The molecule has 38 heavy (non-hydrogen) atoms. The van der Waals surface area contributed by atoms with Gasteiger partial charge in [0.15, 0.2) is 0 Å². The van der Waals surface area contributed by atoms with Crippen LogP contribution in [0.1, 0.15) is 45.4 Å². The summed E-state index contributed by atoms with van der Waals surface area (Å²) in [6.45, 7) is 5.83. The molecule has 6 nitrogen and oxygen atoms in total. The van der Waals surface area contributed by atoms with Gasteiger partial charge in [-0.3, -0.25) is 14.5 Å². The molecule has 0 aromatic heterocycles. The average Bonchev–Trinajstić information content (AvgIpc) is 2.96. The molecule has 7 heteroatoms. The fourth-order valence-electron chi connectivity index (χ4n) is 6.26. The number of halogens is 1. The number of amides is 2. The van der Waals surface area contributed by atoms with Gasteiger partial charge in [0, 0.05) is 50.5 Å². The second kappa shape index (κ2) is 10.6. The Kier molecular flexibility index (Phi) is 6.85. The zero-order chi connectivity index (χ0) is 26.1. The number of benzene rings is 3. The Morgan fingerprint density at radius 2 is 1.58 bits per heavy atom. The van der Waals surface area contributed by atoms with E-state index in [9.17, 15) is 14.0 Å². The summed E-state index contributed by atoms with van der Waals surface area (Å²) < 4.78 is 13.2. The van der Waals surface area contributed by atoms with Gasteiger partial charge in [0.05, 0.1) is 12.0 Å². The largest absolute Gasteiger partial charge is 0.369 e. The first kappa shape index (κ1) is 24.6. The van der Waals surface area contributed by atoms with Gasteiger partial charge in [0.2, 0.25) is 5.91 Å². The third kappa shape index (κ3) is 4.67. The Balaban J connectivity index is 1.09. The van der Waals surface area contributed by atoms with Crippen molar-refractivity contribution >= 4 is 17.5 Å². The minimum Gasteiger partial charge on any atom is -0.369 e. The molecule has 3 heterocycles. The molecular formula is C31H33FN4O2. The van der Waals surface area contributed by atoms with Crippen LogP contribution in [0.5, 0.6) is 0 Å². The Bertz CT molecular complexity index is 1320. The van der Waals surface area contributed by atoms with Gasteiger partial charge in [-0.2, -0.15) is 0 Å². The molecule has 1 saturated heterocycles. The van der Waals surface area contributed by atoms with E-state index < -0.39 is 5.92 Å². The number of piperazine rings is 1. The minimum absolute atomic E-state index is 0.0159. The molecule has 2 atom stereocenters. The number of hydrogen-bond donors (Lipinski definition) is 1. The molecule has 3 aromatic carbocycles. The van der Waals surface area contributed by atoms with E-state index in [1.165, 1.54) is 17.7 Å². The van der Waals surface area contributed by atoms with Crippen molar-refractivity contribution in [1.82, 2.24) is 15.1 Å². The molecule has 0 bridgehead atoms. The summed E-state index contributed by atoms with van der Waals surface area (Å²) in [5, 5.41) is 3.20. The van der Waals surface area contributed by atoms with Crippen LogP contribution in [0.4, 0.5) is 10.1 Å². The summed E-state index contributed by atoms with van der Waals surface area (Å²) >= 11 is 0. The highest BCUT2D eigenvalue weighted by Crippen LogP contribution is 2.45. The van der Waals surface area contributed by atoms with Crippen molar-refractivity contribution in [3.63, 3.8) is 0 Å². The van der Waals surface area contributed by atoms with Crippen molar-refractivity contribution < 1.29 is 14.0 Å². The molecule has 1 fully saturated rings. The van der Waals surface area contributed by atoms with Gasteiger partial charge in [-0.25, -0.2) is 4.39 Å². The van der Waals surface area contributed by atoms with Crippen LogP contribution in [0, 0.1) is 5.82 Å². The molecule has 0 saturated carbocycles. The van der Waals surface area contributed by atoms with E-state index in [-0.39, 0.29) is 23.7 Å².